The molecule has 5 rings (SSSR count). The number of aliphatic hydroxyl groups excluding tert-OH is 1. The van der Waals surface area contributed by atoms with E-state index in [1.807, 2.05) is 32.4 Å². The van der Waals surface area contributed by atoms with Crippen LogP contribution >= 0.6 is 0 Å². The average molecular weight is 441 g/mol. The first-order chi connectivity index (χ1) is 15.8. The number of anilines is 2. The van der Waals surface area contributed by atoms with Crippen molar-refractivity contribution in [2.24, 2.45) is 13.0 Å². The van der Waals surface area contributed by atoms with Gasteiger partial charge in [-0.15, -0.1) is 0 Å². The minimum absolute atomic E-state index is 0.0576. The fourth-order valence-electron chi connectivity index (χ4n) is 4.07. The van der Waals surface area contributed by atoms with E-state index in [1.165, 1.54) is 0 Å². The Balaban J connectivity index is 1.41. The van der Waals surface area contributed by atoms with Crippen molar-refractivity contribution in [3.63, 3.8) is 0 Å². The Morgan fingerprint density at radius 3 is 2.76 bits per heavy atom. The van der Waals surface area contributed by atoms with Gasteiger partial charge in [0.15, 0.2) is 0 Å². The molecule has 1 fully saturated rings. The number of carbonyl (C=O) groups is 1. The maximum absolute atomic E-state index is 12.7. The topological polar surface area (TPSA) is 132 Å². The Bertz CT molecular complexity index is 1430. The lowest BCUT2D eigenvalue weighted by Crippen LogP contribution is -2.15. The number of nitrogens with two attached hydrogens (primary N) is 1. The summed E-state index contributed by atoms with van der Waals surface area (Å²) in [6.07, 6.45) is 7.81. The average Bonchev–Trinajstić information content (AvgIpc) is 3.46. The molecule has 0 radical (unpaired) electrons. The molecule has 0 aliphatic heterocycles. The van der Waals surface area contributed by atoms with Gasteiger partial charge in [0.1, 0.15) is 23.1 Å². The van der Waals surface area contributed by atoms with Gasteiger partial charge in [-0.05, 0) is 54.0 Å². The number of carbonyl (C=O) groups excluding carboxylic acids is 1. The predicted octanol–water partition coefficient (Wildman–Crippen LogP) is 3.59. The zero-order valence-electron chi connectivity index (χ0n) is 18.3. The Morgan fingerprint density at radius 1 is 1.24 bits per heavy atom. The van der Waals surface area contributed by atoms with Crippen molar-refractivity contribution in [2.45, 2.75) is 19.3 Å². The number of aromatic nitrogens is 5. The molecule has 166 valence electrons. The van der Waals surface area contributed by atoms with Crippen molar-refractivity contribution in [1.82, 2.24) is 24.7 Å². The summed E-state index contributed by atoms with van der Waals surface area (Å²) in [4.78, 5) is 25.8. The van der Waals surface area contributed by atoms with Crippen LogP contribution in [0.15, 0.2) is 49.6 Å². The quantitative estimate of drug-likeness (QED) is 0.403. The first-order valence-electron chi connectivity index (χ1n) is 10.5. The van der Waals surface area contributed by atoms with Crippen LogP contribution in [-0.4, -0.2) is 35.7 Å². The van der Waals surface area contributed by atoms with E-state index in [1.54, 1.807) is 29.2 Å². The highest BCUT2D eigenvalue weighted by Gasteiger charge is 2.44. The lowest BCUT2D eigenvalue weighted by atomic mass is 10.0. The van der Waals surface area contributed by atoms with Gasteiger partial charge in [-0.3, -0.25) is 14.5 Å². The maximum Gasteiger partial charge on any atom is 0.229 e. The van der Waals surface area contributed by atoms with Gasteiger partial charge in [0, 0.05) is 42.5 Å². The molecule has 33 heavy (non-hydrogen) atoms. The van der Waals surface area contributed by atoms with Gasteiger partial charge in [0.2, 0.25) is 5.91 Å². The molecule has 1 aliphatic rings. The molecule has 0 saturated heterocycles. The third-order valence-electron chi connectivity index (χ3n) is 5.96. The van der Waals surface area contributed by atoms with E-state index in [4.69, 9.17) is 5.73 Å². The summed E-state index contributed by atoms with van der Waals surface area (Å²) in [5.41, 5.74) is 9.98. The van der Waals surface area contributed by atoms with Gasteiger partial charge >= 0.3 is 0 Å². The highest BCUT2D eigenvalue weighted by atomic mass is 16.3. The van der Waals surface area contributed by atoms with E-state index in [9.17, 15) is 9.90 Å². The van der Waals surface area contributed by atoms with Crippen LogP contribution in [0.2, 0.25) is 0 Å². The van der Waals surface area contributed by atoms with Crippen molar-refractivity contribution < 1.29 is 9.90 Å². The van der Waals surface area contributed by atoms with Crippen molar-refractivity contribution in [3.8, 4) is 11.3 Å². The number of amides is 1. The van der Waals surface area contributed by atoms with Gasteiger partial charge in [-0.1, -0.05) is 6.58 Å². The molecule has 0 unspecified atom stereocenters. The minimum Gasteiger partial charge on any atom is -0.506 e. The Kier molecular flexibility index (Phi) is 4.81. The van der Waals surface area contributed by atoms with Gasteiger partial charge in [-0.25, -0.2) is 9.97 Å². The Hall–Kier alpha value is -4.27. The number of aryl methyl sites for hydroxylation is 2. The molecule has 9 heteroatoms. The van der Waals surface area contributed by atoms with Crippen LogP contribution in [0.1, 0.15) is 29.2 Å². The SMILES string of the molecule is C=C(O)c1cc(C)c(-c2cc3cc(NC(=O)[C@H]4C[C@@H]4c4cnn(C)c4)ncc3c(N)n2)cn1. The third kappa shape index (κ3) is 3.89. The molecule has 9 nitrogen and oxygen atoms in total. The predicted molar refractivity (Wildman–Crippen MR) is 126 cm³/mol. The number of nitrogens with zero attached hydrogens (tertiary/aromatic N) is 5. The number of fused-ring (bicyclic) bond motifs is 1. The number of rotatable bonds is 5. The van der Waals surface area contributed by atoms with Crippen LogP contribution in [0.3, 0.4) is 0 Å². The number of pyridine rings is 3. The highest BCUT2D eigenvalue weighted by Crippen LogP contribution is 2.47. The van der Waals surface area contributed by atoms with Crippen LogP contribution in [0.4, 0.5) is 11.6 Å². The summed E-state index contributed by atoms with van der Waals surface area (Å²) in [5.74, 6) is 0.753. The van der Waals surface area contributed by atoms with E-state index >= 15 is 0 Å². The molecule has 2 atom stereocenters. The van der Waals surface area contributed by atoms with E-state index in [-0.39, 0.29) is 23.5 Å². The first-order valence-corrected chi connectivity index (χ1v) is 10.5. The molecular formula is C24H23N7O2. The zero-order valence-corrected chi connectivity index (χ0v) is 18.3. The van der Waals surface area contributed by atoms with E-state index < -0.39 is 0 Å². The largest absolute Gasteiger partial charge is 0.506 e. The fraction of sp³-hybridized carbons (Fsp3) is 0.208. The molecule has 4 aromatic rings. The summed E-state index contributed by atoms with van der Waals surface area (Å²) in [7, 11) is 1.87. The second kappa shape index (κ2) is 7.70. The second-order valence-electron chi connectivity index (χ2n) is 8.40. The molecule has 1 aliphatic carbocycles. The summed E-state index contributed by atoms with van der Waals surface area (Å²) in [6.45, 7) is 5.41. The molecule has 4 aromatic heterocycles. The molecule has 0 bridgehead atoms. The van der Waals surface area contributed by atoms with E-state index in [0.29, 0.717) is 28.4 Å². The van der Waals surface area contributed by atoms with E-state index in [2.05, 4.69) is 31.9 Å². The second-order valence-corrected chi connectivity index (χ2v) is 8.40. The molecule has 0 aromatic carbocycles. The summed E-state index contributed by atoms with van der Waals surface area (Å²) in [5, 5.41) is 18.2. The number of nitrogen functional groups attached to an aromatic ring is 1. The van der Waals surface area contributed by atoms with Gasteiger partial charge in [-0.2, -0.15) is 5.10 Å². The standard InChI is InChI=1S/C24H23N7O2/c1-12-4-20(13(2)32)26-9-18(12)21-5-14-6-22(27-10-19(14)23(25)29-21)30-24(33)17-7-16(17)15-8-28-31(3)11-15/h4-6,8-11,16-17,32H,2,7H2,1,3H3,(H2,25,29)(H,27,30,33)/t16-,17+/m1/s1. The fourth-order valence-corrected chi connectivity index (χ4v) is 4.07. The highest BCUT2D eigenvalue weighted by molar-refractivity contribution is 5.98. The maximum atomic E-state index is 12.7. The van der Waals surface area contributed by atoms with Crippen LogP contribution < -0.4 is 11.1 Å². The van der Waals surface area contributed by atoms with Gasteiger partial charge in [0.05, 0.1) is 11.9 Å². The van der Waals surface area contributed by atoms with Crippen LogP contribution in [0.5, 0.6) is 0 Å². The smallest absolute Gasteiger partial charge is 0.229 e. The van der Waals surface area contributed by atoms with Crippen LogP contribution in [0.25, 0.3) is 27.8 Å². The summed E-state index contributed by atoms with van der Waals surface area (Å²) < 4.78 is 1.74. The van der Waals surface area contributed by atoms with E-state index in [0.717, 1.165) is 28.5 Å². The summed E-state index contributed by atoms with van der Waals surface area (Å²) >= 11 is 0. The molecule has 1 amide bonds. The lowest BCUT2D eigenvalue weighted by Gasteiger charge is -2.11. The molecule has 4 N–H and O–H groups in total. The number of aliphatic hydroxyl groups is 1. The third-order valence-corrected chi connectivity index (χ3v) is 5.96. The zero-order chi connectivity index (χ0) is 23.3. The minimum atomic E-state index is -0.0940. The number of hydrogen-bond donors (Lipinski definition) is 3. The number of hydrogen-bond acceptors (Lipinski definition) is 7. The Morgan fingerprint density at radius 2 is 2.06 bits per heavy atom. The van der Waals surface area contributed by atoms with Crippen molar-refractivity contribution in [3.05, 3.63) is 66.4 Å². The van der Waals surface area contributed by atoms with Crippen molar-refractivity contribution in [2.75, 3.05) is 11.1 Å². The monoisotopic (exact) mass is 441 g/mol. The molecule has 0 spiro atoms. The van der Waals surface area contributed by atoms with Gasteiger partial charge in [0.25, 0.3) is 0 Å². The molecule has 1 saturated carbocycles. The van der Waals surface area contributed by atoms with Crippen molar-refractivity contribution >= 4 is 34.1 Å². The normalized spacial score (nSPS) is 17.2. The number of nitrogens with one attached hydrogen (secondary N) is 1. The van der Waals surface area contributed by atoms with Gasteiger partial charge < -0.3 is 16.2 Å². The van der Waals surface area contributed by atoms with Crippen LogP contribution in [0, 0.1) is 12.8 Å². The van der Waals surface area contributed by atoms with Crippen LogP contribution in [-0.2, 0) is 11.8 Å². The van der Waals surface area contributed by atoms with Crippen molar-refractivity contribution in [1.29, 1.82) is 0 Å². The Labute approximate surface area is 190 Å². The molecular weight excluding hydrogens is 418 g/mol. The first kappa shape index (κ1) is 20.6. The lowest BCUT2D eigenvalue weighted by molar-refractivity contribution is -0.117. The summed E-state index contributed by atoms with van der Waals surface area (Å²) in [6, 6.07) is 5.42. The molecule has 4 heterocycles.